The summed E-state index contributed by atoms with van der Waals surface area (Å²) in [5.41, 5.74) is 2.53. The van der Waals surface area contributed by atoms with E-state index in [1.807, 2.05) is 11.7 Å². The van der Waals surface area contributed by atoms with Crippen LogP contribution in [-0.4, -0.2) is 0 Å². The maximum absolute atomic E-state index is 5.50. The first-order valence-corrected chi connectivity index (χ1v) is 4.13. The molecule has 0 saturated carbocycles. The van der Waals surface area contributed by atoms with Gasteiger partial charge in [-0.2, -0.15) is 0 Å². The van der Waals surface area contributed by atoms with Gasteiger partial charge in [-0.1, -0.05) is 6.92 Å². The quantitative estimate of drug-likeness (QED) is 0.595. The number of hydrogen-bond acceptors (Lipinski definition) is 1. The lowest BCUT2D eigenvalue weighted by Gasteiger charge is -1.85. The molecule has 0 spiro atoms. The van der Waals surface area contributed by atoms with Gasteiger partial charge in [-0.25, -0.2) is 4.52 Å². The van der Waals surface area contributed by atoms with Crippen LogP contribution in [0.25, 0.3) is 0 Å². The van der Waals surface area contributed by atoms with Crippen LogP contribution in [0.2, 0.25) is 0 Å². The Kier molecular flexibility index (Phi) is 2.32. The van der Waals surface area contributed by atoms with E-state index in [4.69, 9.17) is 4.52 Å². The van der Waals surface area contributed by atoms with Gasteiger partial charge in [0.1, 0.15) is 0 Å². The van der Waals surface area contributed by atoms with Crippen molar-refractivity contribution in [3.63, 3.8) is 0 Å². The third-order valence-corrected chi connectivity index (χ3v) is 2.12. The number of nitrogens with zero attached hydrogens (tertiary/aromatic N) is 1. The van der Waals surface area contributed by atoms with Gasteiger partial charge < -0.3 is 0 Å². The minimum absolute atomic E-state index is 0.987. The smallest absolute Gasteiger partial charge is 0.231 e. The summed E-state index contributed by atoms with van der Waals surface area (Å²) in [5, 5.41) is 0. The zero-order chi connectivity index (χ0) is 8.43. The van der Waals surface area contributed by atoms with Crippen LogP contribution in [0, 0.1) is 20.8 Å². The van der Waals surface area contributed by atoms with Crippen LogP contribution < -0.4 is 4.74 Å². The SMILES string of the molecule is CCC[n+]1oc(C)c(C)c1C. The predicted octanol–water partition coefficient (Wildman–Crippen LogP) is 1.90. The topological polar surface area (TPSA) is 17.0 Å². The standard InChI is InChI=1S/C9H16NO/c1-5-6-10-8(3)7(2)9(4)11-10/h5-6H2,1-4H3/q+1. The summed E-state index contributed by atoms with van der Waals surface area (Å²) in [5.74, 6) is 1.04. The molecular weight excluding hydrogens is 138 g/mol. The zero-order valence-corrected chi connectivity index (χ0v) is 7.77. The molecule has 0 aromatic carbocycles. The maximum Gasteiger partial charge on any atom is 0.231 e. The summed E-state index contributed by atoms with van der Waals surface area (Å²) in [7, 11) is 0. The third kappa shape index (κ3) is 1.44. The summed E-state index contributed by atoms with van der Waals surface area (Å²) in [6, 6.07) is 0. The van der Waals surface area contributed by atoms with Crippen LogP contribution in [0.1, 0.15) is 30.4 Å². The second-order valence-electron chi connectivity index (χ2n) is 2.96. The minimum Gasteiger partial charge on any atom is -0.241 e. The predicted molar refractivity (Wildman–Crippen MR) is 43.4 cm³/mol. The molecule has 0 atom stereocenters. The number of aryl methyl sites for hydroxylation is 2. The second kappa shape index (κ2) is 3.07. The van der Waals surface area contributed by atoms with E-state index in [1.54, 1.807) is 0 Å². The summed E-state index contributed by atoms with van der Waals surface area (Å²) in [6.07, 6.45) is 1.12. The lowest BCUT2D eigenvalue weighted by Crippen LogP contribution is -2.33. The fourth-order valence-corrected chi connectivity index (χ4v) is 1.16. The van der Waals surface area contributed by atoms with Crippen molar-refractivity contribution >= 4 is 0 Å². The Bertz CT molecular complexity index is 250. The van der Waals surface area contributed by atoms with Gasteiger partial charge in [-0.3, -0.25) is 0 Å². The van der Waals surface area contributed by atoms with Crippen molar-refractivity contribution in [1.82, 2.24) is 0 Å². The number of aromatic nitrogens is 1. The molecule has 0 aliphatic heterocycles. The van der Waals surface area contributed by atoms with Crippen molar-refractivity contribution in [2.45, 2.75) is 40.7 Å². The zero-order valence-electron chi connectivity index (χ0n) is 7.77. The fourth-order valence-electron chi connectivity index (χ4n) is 1.16. The van der Waals surface area contributed by atoms with Gasteiger partial charge >= 0.3 is 0 Å². The Morgan fingerprint density at radius 3 is 2.27 bits per heavy atom. The van der Waals surface area contributed by atoms with Crippen LogP contribution >= 0.6 is 0 Å². The van der Waals surface area contributed by atoms with Crippen molar-refractivity contribution in [2.24, 2.45) is 0 Å². The Hall–Kier alpha value is -0.790. The molecule has 0 aliphatic carbocycles. The third-order valence-electron chi connectivity index (χ3n) is 2.12. The highest BCUT2D eigenvalue weighted by molar-refractivity contribution is 5.14. The summed E-state index contributed by atoms with van der Waals surface area (Å²) >= 11 is 0. The Labute approximate surface area is 67.8 Å². The fraction of sp³-hybridized carbons (Fsp3) is 0.667. The largest absolute Gasteiger partial charge is 0.241 e. The highest BCUT2D eigenvalue weighted by atomic mass is 16.5. The number of hydrogen-bond donors (Lipinski definition) is 0. The van der Waals surface area contributed by atoms with E-state index in [0.29, 0.717) is 0 Å². The van der Waals surface area contributed by atoms with E-state index in [-0.39, 0.29) is 0 Å². The lowest BCUT2D eigenvalue weighted by molar-refractivity contribution is -0.868. The summed E-state index contributed by atoms with van der Waals surface area (Å²) < 4.78 is 7.47. The van der Waals surface area contributed by atoms with Crippen LogP contribution in [0.15, 0.2) is 4.52 Å². The van der Waals surface area contributed by atoms with Crippen LogP contribution in [0.3, 0.4) is 0 Å². The van der Waals surface area contributed by atoms with Gasteiger partial charge in [-0.15, -0.1) is 0 Å². The minimum atomic E-state index is 0.987. The molecule has 1 rings (SSSR count). The molecule has 0 radical (unpaired) electrons. The second-order valence-corrected chi connectivity index (χ2v) is 2.96. The highest BCUT2D eigenvalue weighted by Crippen LogP contribution is 2.07. The van der Waals surface area contributed by atoms with Crippen molar-refractivity contribution in [2.75, 3.05) is 0 Å². The lowest BCUT2D eigenvalue weighted by atomic mass is 10.2. The first-order chi connectivity index (χ1) is 5.16. The average molecular weight is 154 g/mol. The Morgan fingerprint density at radius 2 is 1.91 bits per heavy atom. The molecule has 0 bridgehead atoms. The van der Waals surface area contributed by atoms with E-state index in [2.05, 4.69) is 20.8 Å². The Morgan fingerprint density at radius 1 is 1.27 bits per heavy atom. The first-order valence-electron chi connectivity index (χ1n) is 4.13. The monoisotopic (exact) mass is 154 g/mol. The molecule has 1 aromatic rings. The molecule has 11 heavy (non-hydrogen) atoms. The van der Waals surface area contributed by atoms with Crippen LogP contribution in [0.4, 0.5) is 0 Å². The van der Waals surface area contributed by atoms with Crippen molar-refractivity contribution in [3.05, 3.63) is 17.0 Å². The molecule has 0 aliphatic rings. The normalized spacial score (nSPS) is 10.5. The van der Waals surface area contributed by atoms with E-state index < -0.39 is 0 Å². The first kappa shape index (κ1) is 8.31. The summed E-state index contributed by atoms with van der Waals surface area (Å²) in [6.45, 7) is 9.34. The number of rotatable bonds is 2. The molecule has 0 saturated heterocycles. The summed E-state index contributed by atoms with van der Waals surface area (Å²) in [4.78, 5) is 0. The van der Waals surface area contributed by atoms with E-state index in [1.165, 1.54) is 11.3 Å². The molecule has 62 valence electrons. The molecule has 0 unspecified atom stereocenters. The van der Waals surface area contributed by atoms with E-state index in [0.717, 1.165) is 18.7 Å². The van der Waals surface area contributed by atoms with Gasteiger partial charge in [0.25, 0.3) is 0 Å². The van der Waals surface area contributed by atoms with E-state index in [9.17, 15) is 0 Å². The average Bonchev–Trinajstić information content (AvgIpc) is 2.19. The molecule has 0 amide bonds. The van der Waals surface area contributed by atoms with Gasteiger partial charge in [0.2, 0.25) is 5.69 Å². The molecule has 1 aromatic heterocycles. The molecule has 1 heterocycles. The molecule has 2 nitrogen and oxygen atoms in total. The molecule has 0 N–H and O–H groups in total. The molecular formula is C9H16NO+. The van der Waals surface area contributed by atoms with E-state index >= 15 is 0 Å². The van der Waals surface area contributed by atoms with Gasteiger partial charge in [-0.05, 0) is 11.7 Å². The molecule has 2 heteroatoms. The van der Waals surface area contributed by atoms with Crippen LogP contribution in [0.5, 0.6) is 0 Å². The highest BCUT2D eigenvalue weighted by Gasteiger charge is 2.16. The Balaban J connectivity index is 2.98. The maximum atomic E-state index is 5.50. The van der Waals surface area contributed by atoms with Gasteiger partial charge in [0.05, 0.1) is 5.56 Å². The van der Waals surface area contributed by atoms with Crippen LogP contribution in [-0.2, 0) is 6.54 Å². The van der Waals surface area contributed by atoms with Crippen molar-refractivity contribution in [3.8, 4) is 0 Å². The molecule has 0 fully saturated rings. The van der Waals surface area contributed by atoms with Gasteiger partial charge in [0, 0.05) is 20.3 Å². The van der Waals surface area contributed by atoms with Crippen molar-refractivity contribution < 1.29 is 9.26 Å². The van der Waals surface area contributed by atoms with Crippen molar-refractivity contribution in [1.29, 1.82) is 0 Å². The van der Waals surface area contributed by atoms with Gasteiger partial charge in [0.15, 0.2) is 12.3 Å².